The van der Waals surface area contributed by atoms with Crippen LogP contribution in [-0.2, 0) is 9.59 Å². The van der Waals surface area contributed by atoms with Crippen LogP contribution in [0.15, 0.2) is 24.3 Å². The van der Waals surface area contributed by atoms with E-state index in [1.165, 1.54) is 0 Å². The fraction of sp³-hybridized carbons (Fsp3) is 0.500. The standard InChI is InChI=1S/C16H21ClN2O2/c1-3-18-15(20)10-19(4-2)16(21)14-9-13(14)11-6-5-7-12(17)8-11/h5-8,13-14H,3-4,9-10H2,1-2H3,(H,18,20)/t13-,14+/m1/s1. The number of amides is 2. The molecule has 2 amide bonds. The van der Waals surface area contributed by atoms with E-state index in [0.29, 0.717) is 18.1 Å². The minimum atomic E-state index is -0.104. The molecule has 5 heteroatoms. The Hall–Kier alpha value is -1.55. The van der Waals surface area contributed by atoms with E-state index in [4.69, 9.17) is 11.6 Å². The number of hydrogen-bond acceptors (Lipinski definition) is 2. The molecule has 1 saturated carbocycles. The highest BCUT2D eigenvalue weighted by atomic mass is 35.5. The molecule has 0 radical (unpaired) electrons. The number of rotatable bonds is 6. The van der Waals surface area contributed by atoms with Gasteiger partial charge in [0.1, 0.15) is 0 Å². The summed E-state index contributed by atoms with van der Waals surface area (Å²) in [4.78, 5) is 25.7. The topological polar surface area (TPSA) is 49.4 Å². The molecule has 4 nitrogen and oxygen atoms in total. The summed E-state index contributed by atoms with van der Waals surface area (Å²) >= 11 is 5.99. The highest BCUT2D eigenvalue weighted by Gasteiger charge is 2.45. The molecule has 1 aliphatic carbocycles. The van der Waals surface area contributed by atoms with Gasteiger partial charge in [-0.2, -0.15) is 0 Å². The molecule has 0 heterocycles. The normalized spacial score (nSPS) is 20.0. The lowest BCUT2D eigenvalue weighted by Crippen LogP contribution is -2.41. The van der Waals surface area contributed by atoms with Gasteiger partial charge in [-0.25, -0.2) is 0 Å². The van der Waals surface area contributed by atoms with Crippen LogP contribution in [0.5, 0.6) is 0 Å². The van der Waals surface area contributed by atoms with Crippen LogP contribution >= 0.6 is 11.6 Å². The van der Waals surface area contributed by atoms with Gasteiger partial charge in [0.05, 0.1) is 6.54 Å². The molecule has 1 N–H and O–H groups in total. The van der Waals surface area contributed by atoms with Crippen molar-refractivity contribution in [2.45, 2.75) is 26.2 Å². The Kier molecular flexibility index (Phi) is 5.23. The molecule has 2 atom stereocenters. The summed E-state index contributed by atoms with van der Waals surface area (Å²) in [7, 11) is 0. The lowest BCUT2D eigenvalue weighted by atomic mass is 10.1. The lowest BCUT2D eigenvalue weighted by molar-refractivity contribution is -0.137. The summed E-state index contributed by atoms with van der Waals surface area (Å²) in [5, 5.41) is 3.42. The number of carbonyl (C=O) groups is 2. The molecule has 1 aliphatic rings. The molecule has 0 aliphatic heterocycles. The maximum Gasteiger partial charge on any atom is 0.239 e. The predicted molar refractivity (Wildman–Crippen MR) is 83.2 cm³/mol. The maximum atomic E-state index is 12.5. The van der Waals surface area contributed by atoms with Crippen LogP contribution < -0.4 is 5.32 Å². The third-order valence-corrected chi connectivity index (χ3v) is 4.02. The van der Waals surface area contributed by atoms with E-state index in [1.807, 2.05) is 38.1 Å². The average Bonchev–Trinajstić information content (AvgIpc) is 3.25. The Labute approximate surface area is 130 Å². The largest absolute Gasteiger partial charge is 0.355 e. The third kappa shape index (κ3) is 3.97. The maximum absolute atomic E-state index is 12.5. The molecule has 0 aromatic heterocycles. The van der Waals surface area contributed by atoms with E-state index in [9.17, 15) is 9.59 Å². The molecule has 1 aromatic rings. The van der Waals surface area contributed by atoms with E-state index < -0.39 is 0 Å². The molecular weight excluding hydrogens is 288 g/mol. The summed E-state index contributed by atoms with van der Waals surface area (Å²) in [5.74, 6) is 0.179. The van der Waals surface area contributed by atoms with Crippen molar-refractivity contribution in [1.82, 2.24) is 10.2 Å². The first-order chi connectivity index (χ1) is 10.1. The minimum absolute atomic E-state index is 0.0159. The SMILES string of the molecule is CCNC(=O)CN(CC)C(=O)[C@H]1C[C@@H]1c1cccc(Cl)c1. The van der Waals surface area contributed by atoms with E-state index in [-0.39, 0.29) is 30.2 Å². The number of nitrogens with one attached hydrogen (secondary N) is 1. The predicted octanol–water partition coefficient (Wildman–Crippen LogP) is 2.43. The van der Waals surface area contributed by atoms with Crippen molar-refractivity contribution in [2.75, 3.05) is 19.6 Å². The zero-order chi connectivity index (χ0) is 15.4. The monoisotopic (exact) mass is 308 g/mol. The molecule has 21 heavy (non-hydrogen) atoms. The number of likely N-dealkylation sites (N-methyl/N-ethyl adjacent to an activating group) is 2. The Morgan fingerprint density at radius 2 is 2.14 bits per heavy atom. The van der Waals surface area contributed by atoms with Gasteiger partial charge in [-0.3, -0.25) is 9.59 Å². The smallest absolute Gasteiger partial charge is 0.239 e. The fourth-order valence-electron chi connectivity index (χ4n) is 2.58. The van der Waals surface area contributed by atoms with Crippen molar-refractivity contribution in [2.24, 2.45) is 5.92 Å². The van der Waals surface area contributed by atoms with Crippen molar-refractivity contribution in [3.8, 4) is 0 Å². The minimum Gasteiger partial charge on any atom is -0.355 e. The highest BCUT2D eigenvalue weighted by Crippen LogP contribution is 2.48. The second kappa shape index (κ2) is 6.94. The Morgan fingerprint density at radius 1 is 1.38 bits per heavy atom. The van der Waals surface area contributed by atoms with Crippen LogP contribution in [0.1, 0.15) is 31.7 Å². The Balaban J connectivity index is 1.96. The van der Waals surface area contributed by atoms with Gasteiger partial charge in [0.25, 0.3) is 0 Å². The molecule has 0 spiro atoms. The molecule has 0 unspecified atom stereocenters. The van der Waals surface area contributed by atoms with Gasteiger partial charge in [-0.15, -0.1) is 0 Å². The van der Waals surface area contributed by atoms with Crippen LogP contribution in [-0.4, -0.2) is 36.3 Å². The summed E-state index contributed by atoms with van der Waals surface area (Å²) < 4.78 is 0. The molecule has 0 saturated heterocycles. The molecular formula is C16H21ClN2O2. The van der Waals surface area contributed by atoms with E-state index in [1.54, 1.807) is 4.90 Å². The average molecular weight is 309 g/mol. The Bertz CT molecular complexity index is 533. The lowest BCUT2D eigenvalue weighted by Gasteiger charge is -2.20. The van der Waals surface area contributed by atoms with Crippen molar-refractivity contribution >= 4 is 23.4 Å². The van der Waals surface area contributed by atoms with Crippen LogP contribution in [0.3, 0.4) is 0 Å². The van der Waals surface area contributed by atoms with Gasteiger partial charge >= 0.3 is 0 Å². The van der Waals surface area contributed by atoms with E-state index >= 15 is 0 Å². The summed E-state index contributed by atoms with van der Waals surface area (Å²) in [6, 6.07) is 7.66. The fourth-order valence-corrected chi connectivity index (χ4v) is 2.78. The molecule has 114 valence electrons. The van der Waals surface area contributed by atoms with Gasteiger partial charge in [-0.05, 0) is 43.9 Å². The first-order valence-corrected chi connectivity index (χ1v) is 7.75. The van der Waals surface area contributed by atoms with Gasteiger partial charge in [0, 0.05) is 24.0 Å². The Morgan fingerprint density at radius 3 is 2.76 bits per heavy atom. The highest BCUT2D eigenvalue weighted by molar-refractivity contribution is 6.30. The van der Waals surface area contributed by atoms with E-state index in [0.717, 1.165) is 12.0 Å². The van der Waals surface area contributed by atoms with Crippen molar-refractivity contribution in [3.05, 3.63) is 34.9 Å². The van der Waals surface area contributed by atoms with Crippen LogP contribution in [0.25, 0.3) is 0 Å². The van der Waals surface area contributed by atoms with Crippen LogP contribution in [0, 0.1) is 5.92 Å². The second-order valence-electron chi connectivity index (χ2n) is 5.31. The van der Waals surface area contributed by atoms with Crippen LogP contribution in [0.4, 0.5) is 0 Å². The summed E-state index contributed by atoms with van der Waals surface area (Å²) in [6.07, 6.45) is 0.838. The number of carbonyl (C=O) groups excluding carboxylic acids is 2. The first kappa shape index (κ1) is 15.8. The molecule has 2 rings (SSSR count). The summed E-state index contributed by atoms with van der Waals surface area (Å²) in [5.41, 5.74) is 1.11. The van der Waals surface area contributed by atoms with Gasteiger partial charge in [0.15, 0.2) is 0 Å². The number of hydrogen-bond donors (Lipinski definition) is 1. The van der Waals surface area contributed by atoms with Crippen molar-refractivity contribution in [1.29, 1.82) is 0 Å². The van der Waals surface area contributed by atoms with Gasteiger partial charge in [-0.1, -0.05) is 23.7 Å². The van der Waals surface area contributed by atoms with Crippen molar-refractivity contribution in [3.63, 3.8) is 0 Å². The zero-order valence-corrected chi connectivity index (χ0v) is 13.2. The number of benzene rings is 1. The van der Waals surface area contributed by atoms with Gasteiger partial charge in [0.2, 0.25) is 11.8 Å². The molecule has 0 bridgehead atoms. The summed E-state index contributed by atoms with van der Waals surface area (Å²) in [6.45, 7) is 5.04. The van der Waals surface area contributed by atoms with E-state index in [2.05, 4.69) is 5.32 Å². The third-order valence-electron chi connectivity index (χ3n) is 3.79. The number of nitrogens with zero attached hydrogens (tertiary/aromatic N) is 1. The first-order valence-electron chi connectivity index (χ1n) is 7.37. The zero-order valence-electron chi connectivity index (χ0n) is 12.4. The van der Waals surface area contributed by atoms with Crippen molar-refractivity contribution < 1.29 is 9.59 Å². The van der Waals surface area contributed by atoms with Crippen LogP contribution in [0.2, 0.25) is 5.02 Å². The van der Waals surface area contributed by atoms with Gasteiger partial charge < -0.3 is 10.2 Å². The quantitative estimate of drug-likeness (QED) is 0.877. The second-order valence-corrected chi connectivity index (χ2v) is 5.75. The number of halogens is 1. The molecule has 1 fully saturated rings. The molecule has 1 aromatic carbocycles.